The van der Waals surface area contributed by atoms with Crippen molar-refractivity contribution < 1.29 is 4.74 Å². The predicted octanol–water partition coefficient (Wildman–Crippen LogP) is 4.32. The second-order valence-corrected chi connectivity index (χ2v) is 7.30. The zero-order chi connectivity index (χ0) is 16.8. The van der Waals surface area contributed by atoms with Gasteiger partial charge < -0.3 is 4.74 Å². The lowest BCUT2D eigenvalue weighted by Crippen LogP contribution is -2.05. The van der Waals surface area contributed by atoms with Gasteiger partial charge in [0, 0.05) is 22.0 Å². The number of nitrogens with zero attached hydrogens (tertiary/aromatic N) is 3. The molecule has 0 saturated carbocycles. The molecule has 124 valence electrons. The fraction of sp³-hybridized carbons (Fsp3) is 0.200. The minimum absolute atomic E-state index is 0.704. The first-order valence-corrected chi connectivity index (χ1v) is 9.24. The van der Waals surface area contributed by atoms with Crippen LogP contribution in [-0.2, 0) is 19.4 Å². The van der Waals surface area contributed by atoms with E-state index in [0.717, 1.165) is 29.6 Å². The van der Waals surface area contributed by atoms with E-state index < -0.39 is 0 Å². The summed E-state index contributed by atoms with van der Waals surface area (Å²) in [6, 6.07) is 10.3. The summed E-state index contributed by atoms with van der Waals surface area (Å²) < 4.78 is 7.21. The zero-order valence-corrected chi connectivity index (χ0v) is 14.7. The van der Waals surface area contributed by atoms with Gasteiger partial charge in [0.05, 0.1) is 19.9 Å². The van der Waals surface area contributed by atoms with Gasteiger partial charge in [-0.25, -0.2) is 9.67 Å². The van der Waals surface area contributed by atoms with E-state index in [-0.39, 0.29) is 0 Å². The molecule has 1 aliphatic carbocycles. The molecule has 5 heteroatoms. The number of benzene rings is 1. The minimum Gasteiger partial charge on any atom is -0.497 e. The number of pyridine rings is 1. The first kappa shape index (κ1) is 14.7. The van der Waals surface area contributed by atoms with E-state index in [2.05, 4.69) is 28.7 Å². The largest absolute Gasteiger partial charge is 0.497 e. The number of hydrogen-bond acceptors (Lipinski definition) is 4. The van der Waals surface area contributed by atoms with Crippen LogP contribution in [0.15, 0.2) is 48.1 Å². The van der Waals surface area contributed by atoms with Gasteiger partial charge in [0.25, 0.3) is 0 Å². The smallest absolute Gasteiger partial charge is 0.158 e. The third-order valence-electron chi connectivity index (χ3n) is 4.87. The van der Waals surface area contributed by atoms with Gasteiger partial charge in [0.15, 0.2) is 5.65 Å². The van der Waals surface area contributed by atoms with Crippen molar-refractivity contribution in [3.63, 3.8) is 0 Å². The Kier molecular flexibility index (Phi) is 3.35. The van der Waals surface area contributed by atoms with Crippen LogP contribution < -0.4 is 4.74 Å². The number of hydrogen-bond donors (Lipinski definition) is 0. The summed E-state index contributed by atoms with van der Waals surface area (Å²) in [5.41, 5.74) is 6.16. The molecule has 0 spiro atoms. The number of ether oxygens (including phenoxy) is 1. The van der Waals surface area contributed by atoms with E-state index in [4.69, 9.17) is 9.72 Å². The molecule has 0 unspecified atom stereocenters. The van der Waals surface area contributed by atoms with E-state index in [1.165, 1.54) is 27.1 Å². The van der Waals surface area contributed by atoms with Crippen LogP contribution in [0.2, 0.25) is 0 Å². The Morgan fingerprint density at radius 3 is 2.84 bits per heavy atom. The lowest BCUT2D eigenvalue weighted by atomic mass is 9.90. The van der Waals surface area contributed by atoms with Gasteiger partial charge in [-0.2, -0.15) is 5.10 Å². The first-order valence-electron chi connectivity index (χ1n) is 8.36. The van der Waals surface area contributed by atoms with Crippen LogP contribution in [0.1, 0.15) is 16.0 Å². The van der Waals surface area contributed by atoms with Crippen molar-refractivity contribution in [2.75, 3.05) is 7.11 Å². The molecule has 0 atom stereocenters. The van der Waals surface area contributed by atoms with Crippen molar-refractivity contribution in [3.8, 4) is 16.9 Å². The Morgan fingerprint density at radius 1 is 1.12 bits per heavy atom. The van der Waals surface area contributed by atoms with Crippen LogP contribution in [-0.4, -0.2) is 21.9 Å². The normalized spacial score (nSPS) is 12.8. The Hall–Kier alpha value is -2.66. The van der Waals surface area contributed by atoms with Gasteiger partial charge in [-0.05, 0) is 53.1 Å². The highest BCUT2D eigenvalue weighted by molar-refractivity contribution is 7.10. The highest BCUT2D eigenvalue weighted by atomic mass is 32.1. The molecule has 3 heterocycles. The topological polar surface area (TPSA) is 39.9 Å². The molecule has 4 aromatic rings. The average Bonchev–Trinajstić information content (AvgIpc) is 3.29. The van der Waals surface area contributed by atoms with Crippen molar-refractivity contribution >= 4 is 22.4 Å². The van der Waals surface area contributed by atoms with Gasteiger partial charge in [0.1, 0.15) is 5.75 Å². The molecule has 0 saturated heterocycles. The number of rotatable bonds is 3. The van der Waals surface area contributed by atoms with Crippen LogP contribution in [0, 0.1) is 0 Å². The van der Waals surface area contributed by atoms with Crippen LogP contribution >= 0.6 is 11.3 Å². The highest BCUT2D eigenvalue weighted by Crippen LogP contribution is 2.40. The van der Waals surface area contributed by atoms with Gasteiger partial charge in [-0.15, -0.1) is 11.3 Å². The molecule has 0 N–H and O–H groups in total. The first-order chi connectivity index (χ1) is 12.3. The van der Waals surface area contributed by atoms with Gasteiger partial charge >= 0.3 is 0 Å². The molecule has 1 aliphatic rings. The summed E-state index contributed by atoms with van der Waals surface area (Å²) in [6.07, 6.45) is 6.19. The third-order valence-corrected chi connectivity index (χ3v) is 5.85. The molecule has 0 amide bonds. The summed E-state index contributed by atoms with van der Waals surface area (Å²) >= 11 is 1.85. The molecular weight excluding hydrogens is 330 g/mol. The summed E-state index contributed by atoms with van der Waals surface area (Å²) in [4.78, 5) is 6.20. The van der Waals surface area contributed by atoms with Gasteiger partial charge in [0.2, 0.25) is 0 Å². The molecule has 1 aromatic carbocycles. The van der Waals surface area contributed by atoms with Crippen molar-refractivity contribution in [1.29, 1.82) is 0 Å². The summed E-state index contributed by atoms with van der Waals surface area (Å²) in [5.74, 6) is 0.867. The van der Waals surface area contributed by atoms with Gasteiger partial charge in [-0.3, -0.25) is 0 Å². The fourth-order valence-corrected chi connectivity index (χ4v) is 4.49. The van der Waals surface area contributed by atoms with Crippen LogP contribution in [0.5, 0.6) is 5.75 Å². The molecule has 3 aromatic heterocycles. The second-order valence-electron chi connectivity index (χ2n) is 6.30. The van der Waals surface area contributed by atoms with E-state index in [0.29, 0.717) is 6.54 Å². The minimum atomic E-state index is 0.704. The van der Waals surface area contributed by atoms with Crippen molar-refractivity contribution in [2.24, 2.45) is 0 Å². The standard InChI is InChI=1S/C20H17N3OS/c1-24-15-5-2-13(3-6-15)12-23-20-17(11-22-23)19-14(10-21-20)4-7-18-16(19)8-9-25-18/h2-3,5-6,8-11H,4,7,12H2,1H3. The predicted molar refractivity (Wildman–Crippen MR) is 100 cm³/mol. The van der Waals surface area contributed by atoms with Crippen molar-refractivity contribution in [1.82, 2.24) is 14.8 Å². The fourth-order valence-electron chi connectivity index (χ4n) is 3.60. The second kappa shape index (κ2) is 5.70. The molecule has 25 heavy (non-hydrogen) atoms. The summed E-state index contributed by atoms with van der Waals surface area (Å²) in [6.45, 7) is 0.704. The van der Waals surface area contributed by atoms with E-state index in [9.17, 15) is 0 Å². The average molecular weight is 347 g/mol. The van der Waals surface area contributed by atoms with Crippen molar-refractivity contribution in [3.05, 3.63) is 64.1 Å². The third kappa shape index (κ3) is 2.35. The quantitative estimate of drug-likeness (QED) is 0.554. The van der Waals surface area contributed by atoms with Crippen LogP contribution in [0.25, 0.3) is 22.2 Å². The maximum Gasteiger partial charge on any atom is 0.158 e. The maximum absolute atomic E-state index is 5.23. The van der Waals surface area contributed by atoms with E-state index in [1.54, 1.807) is 7.11 Å². The van der Waals surface area contributed by atoms with Crippen LogP contribution in [0.3, 0.4) is 0 Å². The van der Waals surface area contributed by atoms with Crippen LogP contribution in [0.4, 0.5) is 0 Å². The number of aromatic nitrogens is 3. The molecule has 0 fully saturated rings. The summed E-state index contributed by atoms with van der Waals surface area (Å²) in [5, 5.41) is 7.97. The van der Waals surface area contributed by atoms with E-state index >= 15 is 0 Å². The molecular formula is C20H17N3OS. The van der Waals surface area contributed by atoms with Gasteiger partial charge in [-0.1, -0.05) is 12.1 Å². The molecule has 0 radical (unpaired) electrons. The molecule has 4 nitrogen and oxygen atoms in total. The van der Waals surface area contributed by atoms with E-state index in [1.807, 2.05) is 40.5 Å². The monoisotopic (exact) mass is 347 g/mol. The Labute approximate surface area is 149 Å². The molecule has 5 rings (SSSR count). The van der Waals surface area contributed by atoms with Crippen molar-refractivity contribution in [2.45, 2.75) is 19.4 Å². The maximum atomic E-state index is 5.23. The SMILES string of the molecule is COc1ccc(Cn2ncc3c4c(cnc32)CCc2sccc2-4)cc1. The highest BCUT2D eigenvalue weighted by Gasteiger charge is 2.21. The zero-order valence-electron chi connectivity index (χ0n) is 13.9. The lowest BCUT2D eigenvalue weighted by Gasteiger charge is -2.16. The molecule has 0 aliphatic heterocycles. The number of fused-ring (bicyclic) bond motifs is 5. The number of methoxy groups -OCH3 is 1. The Morgan fingerprint density at radius 2 is 2.00 bits per heavy atom. The lowest BCUT2D eigenvalue weighted by molar-refractivity contribution is 0.414. The molecule has 0 bridgehead atoms. The number of aryl methyl sites for hydroxylation is 2. The Bertz CT molecular complexity index is 1060. The Balaban J connectivity index is 1.59. The summed E-state index contributed by atoms with van der Waals surface area (Å²) in [7, 11) is 1.68. The number of thiophene rings is 1.